The number of carbonyl (C=O) groups is 1. The molecule has 3 nitrogen and oxygen atoms in total. The van der Waals surface area contributed by atoms with E-state index in [4.69, 9.17) is 5.11 Å². The van der Waals surface area contributed by atoms with E-state index in [9.17, 15) is 9.90 Å². The average molecular weight is 208 g/mol. The molecule has 1 aromatic rings. The molecule has 2 N–H and O–H groups in total. The Morgan fingerprint density at radius 3 is 2.67 bits per heavy atom. The Kier molecular flexibility index (Phi) is 4.16. The topological polar surface area (TPSA) is 57.5 Å². The SMILES string of the molecule is CCCCCc1c(O)cccc1C(=O)O. The van der Waals surface area contributed by atoms with Gasteiger partial charge in [0.05, 0.1) is 5.56 Å². The lowest BCUT2D eigenvalue weighted by Crippen LogP contribution is -2.02. The van der Waals surface area contributed by atoms with Crippen molar-refractivity contribution in [2.24, 2.45) is 0 Å². The van der Waals surface area contributed by atoms with Crippen molar-refractivity contribution < 1.29 is 15.0 Å². The second-order valence-corrected chi connectivity index (χ2v) is 3.57. The molecule has 0 atom stereocenters. The predicted molar refractivity (Wildman–Crippen MR) is 58.3 cm³/mol. The van der Waals surface area contributed by atoms with Crippen LogP contribution in [-0.2, 0) is 6.42 Å². The second-order valence-electron chi connectivity index (χ2n) is 3.57. The van der Waals surface area contributed by atoms with Gasteiger partial charge in [-0.05, 0) is 25.0 Å². The van der Waals surface area contributed by atoms with Gasteiger partial charge in [-0.1, -0.05) is 25.8 Å². The van der Waals surface area contributed by atoms with Crippen LogP contribution < -0.4 is 0 Å². The Balaban J connectivity index is 2.87. The van der Waals surface area contributed by atoms with Crippen molar-refractivity contribution >= 4 is 5.97 Å². The highest BCUT2D eigenvalue weighted by atomic mass is 16.4. The quantitative estimate of drug-likeness (QED) is 0.731. The molecule has 0 aromatic heterocycles. The molecule has 0 aliphatic rings. The van der Waals surface area contributed by atoms with Crippen LogP contribution in [0, 0.1) is 0 Å². The Labute approximate surface area is 89.4 Å². The fourth-order valence-corrected chi connectivity index (χ4v) is 1.59. The lowest BCUT2D eigenvalue weighted by Gasteiger charge is -2.07. The van der Waals surface area contributed by atoms with E-state index >= 15 is 0 Å². The number of hydrogen-bond donors (Lipinski definition) is 2. The molecular formula is C12H16O3. The van der Waals surface area contributed by atoms with Crippen molar-refractivity contribution in [1.29, 1.82) is 0 Å². The molecule has 0 spiro atoms. The number of benzene rings is 1. The maximum Gasteiger partial charge on any atom is 0.336 e. The lowest BCUT2D eigenvalue weighted by molar-refractivity contribution is 0.0695. The lowest BCUT2D eigenvalue weighted by atomic mass is 10.0. The van der Waals surface area contributed by atoms with Crippen LogP contribution in [0.1, 0.15) is 42.1 Å². The number of aromatic carboxylic acids is 1. The molecule has 0 saturated heterocycles. The predicted octanol–water partition coefficient (Wildman–Crippen LogP) is 2.82. The number of unbranched alkanes of at least 4 members (excludes halogenated alkanes) is 2. The number of hydrogen-bond acceptors (Lipinski definition) is 2. The Hall–Kier alpha value is -1.51. The monoisotopic (exact) mass is 208 g/mol. The van der Waals surface area contributed by atoms with E-state index in [0.717, 1.165) is 19.3 Å². The number of phenolic OH excluding ortho intramolecular Hbond substituents is 1. The van der Waals surface area contributed by atoms with Gasteiger partial charge in [0.1, 0.15) is 5.75 Å². The summed E-state index contributed by atoms with van der Waals surface area (Å²) in [5.74, 6) is -0.886. The van der Waals surface area contributed by atoms with Crippen LogP contribution in [0.3, 0.4) is 0 Å². The van der Waals surface area contributed by atoms with Crippen molar-refractivity contribution in [2.45, 2.75) is 32.6 Å². The first-order chi connectivity index (χ1) is 7.16. The Bertz CT molecular complexity index is 345. The van der Waals surface area contributed by atoms with Gasteiger partial charge in [0, 0.05) is 5.56 Å². The van der Waals surface area contributed by atoms with Crippen LogP contribution in [-0.4, -0.2) is 16.2 Å². The van der Waals surface area contributed by atoms with Crippen molar-refractivity contribution in [1.82, 2.24) is 0 Å². The zero-order valence-corrected chi connectivity index (χ0v) is 8.86. The van der Waals surface area contributed by atoms with Crippen LogP contribution in [0.2, 0.25) is 0 Å². The molecule has 0 unspecified atom stereocenters. The standard InChI is InChI=1S/C12H16O3/c1-2-3-4-6-9-10(12(14)15)7-5-8-11(9)13/h5,7-8,13H,2-4,6H2,1H3,(H,14,15). The van der Waals surface area contributed by atoms with Crippen LogP contribution >= 0.6 is 0 Å². The molecule has 1 aromatic carbocycles. The van der Waals surface area contributed by atoms with E-state index in [0.29, 0.717) is 12.0 Å². The molecule has 0 aliphatic carbocycles. The maximum atomic E-state index is 10.9. The van der Waals surface area contributed by atoms with Crippen molar-refractivity contribution in [3.63, 3.8) is 0 Å². The number of carboxylic acid groups (broad SMARTS) is 1. The molecule has 15 heavy (non-hydrogen) atoms. The summed E-state index contributed by atoms with van der Waals surface area (Å²) in [6.45, 7) is 2.09. The van der Waals surface area contributed by atoms with Crippen LogP contribution in [0.4, 0.5) is 0 Å². The molecule has 0 saturated carbocycles. The number of phenols is 1. The van der Waals surface area contributed by atoms with Gasteiger partial charge in [0.25, 0.3) is 0 Å². The molecule has 0 fully saturated rings. The van der Waals surface area contributed by atoms with Gasteiger partial charge in [-0.25, -0.2) is 4.79 Å². The minimum Gasteiger partial charge on any atom is -0.508 e. The zero-order chi connectivity index (χ0) is 11.3. The fraction of sp³-hybridized carbons (Fsp3) is 0.417. The molecule has 0 radical (unpaired) electrons. The van der Waals surface area contributed by atoms with Gasteiger partial charge in [-0.15, -0.1) is 0 Å². The molecule has 0 aliphatic heterocycles. The third kappa shape index (κ3) is 2.98. The summed E-state index contributed by atoms with van der Waals surface area (Å²) in [5, 5.41) is 18.5. The molecule has 1 rings (SSSR count). The van der Waals surface area contributed by atoms with Gasteiger partial charge in [-0.2, -0.15) is 0 Å². The third-order valence-corrected chi connectivity index (χ3v) is 2.41. The Morgan fingerprint density at radius 2 is 2.07 bits per heavy atom. The zero-order valence-electron chi connectivity index (χ0n) is 8.86. The van der Waals surface area contributed by atoms with E-state index in [-0.39, 0.29) is 11.3 Å². The van der Waals surface area contributed by atoms with Crippen LogP contribution in [0.25, 0.3) is 0 Å². The highest BCUT2D eigenvalue weighted by Crippen LogP contribution is 2.23. The van der Waals surface area contributed by atoms with Crippen molar-refractivity contribution in [3.8, 4) is 5.75 Å². The summed E-state index contributed by atoms with van der Waals surface area (Å²) in [6.07, 6.45) is 3.67. The van der Waals surface area contributed by atoms with Crippen molar-refractivity contribution in [2.75, 3.05) is 0 Å². The summed E-state index contributed by atoms with van der Waals surface area (Å²) in [7, 11) is 0. The van der Waals surface area contributed by atoms with Crippen LogP contribution in [0.15, 0.2) is 18.2 Å². The highest BCUT2D eigenvalue weighted by molar-refractivity contribution is 5.90. The molecule has 0 amide bonds. The van der Waals surface area contributed by atoms with E-state index in [1.165, 1.54) is 12.1 Å². The first-order valence-electron chi connectivity index (χ1n) is 5.21. The molecular weight excluding hydrogens is 192 g/mol. The van der Waals surface area contributed by atoms with Gasteiger partial charge >= 0.3 is 5.97 Å². The molecule has 0 heterocycles. The highest BCUT2D eigenvalue weighted by Gasteiger charge is 2.12. The van der Waals surface area contributed by atoms with Gasteiger partial charge in [-0.3, -0.25) is 0 Å². The number of carboxylic acids is 1. The summed E-state index contributed by atoms with van der Waals surface area (Å²) >= 11 is 0. The Morgan fingerprint density at radius 1 is 1.33 bits per heavy atom. The minimum atomic E-state index is -0.975. The fourth-order valence-electron chi connectivity index (χ4n) is 1.59. The third-order valence-electron chi connectivity index (χ3n) is 2.41. The number of rotatable bonds is 5. The summed E-state index contributed by atoms with van der Waals surface area (Å²) < 4.78 is 0. The first-order valence-corrected chi connectivity index (χ1v) is 5.21. The van der Waals surface area contributed by atoms with E-state index in [1.807, 2.05) is 0 Å². The first kappa shape index (κ1) is 11.6. The minimum absolute atomic E-state index is 0.0889. The molecule has 0 bridgehead atoms. The van der Waals surface area contributed by atoms with Gasteiger partial charge in [0.15, 0.2) is 0 Å². The van der Waals surface area contributed by atoms with E-state index in [2.05, 4.69) is 6.92 Å². The smallest absolute Gasteiger partial charge is 0.336 e. The van der Waals surface area contributed by atoms with E-state index in [1.54, 1.807) is 6.07 Å². The normalized spacial score (nSPS) is 10.2. The largest absolute Gasteiger partial charge is 0.508 e. The van der Waals surface area contributed by atoms with Crippen LogP contribution in [0.5, 0.6) is 5.75 Å². The van der Waals surface area contributed by atoms with Crippen molar-refractivity contribution in [3.05, 3.63) is 29.3 Å². The average Bonchev–Trinajstić information content (AvgIpc) is 2.20. The molecule has 82 valence electrons. The molecule has 3 heteroatoms. The second kappa shape index (κ2) is 5.39. The summed E-state index contributed by atoms with van der Waals surface area (Å²) in [6, 6.07) is 4.62. The summed E-state index contributed by atoms with van der Waals surface area (Å²) in [5.41, 5.74) is 0.768. The summed E-state index contributed by atoms with van der Waals surface area (Å²) in [4.78, 5) is 10.9. The van der Waals surface area contributed by atoms with E-state index < -0.39 is 5.97 Å². The van der Waals surface area contributed by atoms with Gasteiger partial charge in [0.2, 0.25) is 0 Å². The number of aromatic hydroxyl groups is 1. The maximum absolute atomic E-state index is 10.9. The van der Waals surface area contributed by atoms with Gasteiger partial charge < -0.3 is 10.2 Å².